The van der Waals surface area contributed by atoms with Gasteiger partial charge in [0.05, 0.1) is 6.10 Å². The molecule has 0 amide bonds. The zero-order chi connectivity index (χ0) is 8.27. The molecular formula is C9H14O2. The maximum Gasteiger partial charge on any atom is 0.108 e. The SMILES string of the molecule is C=C(O)/C=C1\CCCCC1O. The molecule has 0 aromatic rings. The minimum Gasteiger partial charge on any atom is -0.509 e. The van der Waals surface area contributed by atoms with Crippen LogP contribution in [-0.4, -0.2) is 16.3 Å². The zero-order valence-electron chi connectivity index (χ0n) is 6.58. The highest BCUT2D eigenvalue weighted by atomic mass is 16.3. The molecule has 2 nitrogen and oxygen atoms in total. The fourth-order valence-electron chi connectivity index (χ4n) is 1.40. The Hall–Kier alpha value is -0.760. The highest BCUT2D eigenvalue weighted by Gasteiger charge is 2.15. The maximum absolute atomic E-state index is 9.40. The van der Waals surface area contributed by atoms with E-state index in [1.807, 2.05) is 0 Å². The topological polar surface area (TPSA) is 40.5 Å². The Bertz CT molecular complexity index is 182. The molecule has 0 spiro atoms. The van der Waals surface area contributed by atoms with Crippen LogP contribution in [0.2, 0.25) is 0 Å². The average molecular weight is 154 g/mol. The van der Waals surface area contributed by atoms with Gasteiger partial charge in [0, 0.05) is 0 Å². The van der Waals surface area contributed by atoms with E-state index in [-0.39, 0.29) is 11.9 Å². The lowest BCUT2D eigenvalue weighted by atomic mass is 9.92. The summed E-state index contributed by atoms with van der Waals surface area (Å²) in [6.07, 6.45) is 5.11. The Morgan fingerprint density at radius 2 is 2.27 bits per heavy atom. The monoisotopic (exact) mass is 154 g/mol. The van der Waals surface area contributed by atoms with Gasteiger partial charge in [0.2, 0.25) is 0 Å². The van der Waals surface area contributed by atoms with Gasteiger partial charge in [-0.05, 0) is 30.9 Å². The summed E-state index contributed by atoms with van der Waals surface area (Å²) in [7, 11) is 0. The summed E-state index contributed by atoms with van der Waals surface area (Å²) in [4.78, 5) is 0. The molecule has 0 bridgehead atoms. The van der Waals surface area contributed by atoms with Crippen LogP contribution in [0.1, 0.15) is 25.7 Å². The summed E-state index contributed by atoms with van der Waals surface area (Å²) in [5, 5.41) is 18.2. The maximum atomic E-state index is 9.40. The van der Waals surface area contributed by atoms with Crippen LogP contribution in [0, 0.1) is 0 Å². The third-order valence-corrected chi connectivity index (χ3v) is 1.97. The average Bonchev–Trinajstić information content (AvgIpc) is 1.93. The lowest BCUT2D eigenvalue weighted by molar-refractivity contribution is 0.178. The number of hydrogen-bond donors (Lipinski definition) is 2. The zero-order valence-corrected chi connectivity index (χ0v) is 6.58. The molecule has 62 valence electrons. The summed E-state index contributed by atoms with van der Waals surface area (Å²) < 4.78 is 0. The molecule has 0 radical (unpaired) electrons. The van der Waals surface area contributed by atoms with Gasteiger partial charge in [-0.1, -0.05) is 13.0 Å². The van der Waals surface area contributed by atoms with Crippen LogP contribution >= 0.6 is 0 Å². The number of allylic oxidation sites excluding steroid dienone is 1. The first kappa shape index (κ1) is 8.34. The van der Waals surface area contributed by atoms with E-state index in [1.165, 1.54) is 0 Å². The Labute approximate surface area is 66.9 Å². The third kappa shape index (κ3) is 2.39. The molecule has 1 fully saturated rings. The molecule has 0 aromatic heterocycles. The van der Waals surface area contributed by atoms with Gasteiger partial charge in [-0.15, -0.1) is 0 Å². The summed E-state index contributed by atoms with van der Waals surface area (Å²) in [6.45, 7) is 3.35. The van der Waals surface area contributed by atoms with Crippen molar-refractivity contribution in [2.24, 2.45) is 0 Å². The minimum atomic E-state index is -0.354. The second-order valence-corrected chi connectivity index (χ2v) is 2.97. The Morgan fingerprint density at radius 3 is 2.82 bits per heavy atom. The van der Waals surface area contributed by atoms with E-state index in [0.29, 0.717) is 0 Å². The van der Waals surface area contributed by atoms with Crippen LogP contribution in [0.5, 0.6) is 0 Å². The molecule has 0 saturated heterocycles. The molecule has 1 unspecified atom stereocenters. The van der Waals surface area contributed by atoms with E-state index in [2.05, 4.69) is 6.58 Å². The second-order valence-electron chi connectivity index (χ2n) is 2.97. The van der Waals surface area contributed by atoms with Gasteiger partial charge >= 0.3 is 0 Å². The van der Waals surface area contributed by atoms with Crippen molar-refractivity contribution in [1.29, 1.82) is 0 Å². The normalized spacial score (nSPS) is 28.8. The van der Waals surface area contributed by atoms with E-state index in [4.69, 9.17) is 5.11 Å². The largest absolute Gasteiger partial charge is 0.509 e. The van der Waals surface area contributed by atoms with Crippen LogP contribution in [0.25, 0.3) is 0 Å². The molecule has 11 heavy (non-hydrogen) atoms. The molecule has 1 atom stereocenters. The van der Waals surface area contributed by atoms with Gasteiger partial charge in [0.25, 0.3) is 0 Å². The molecule has 2 heteroatoms. The van der Waals surface area contributed by atoms with E-state index < -0.39 is 0 Å². The van der Waals surface area contributed by atoms with E-state index in [0.717, 1.165) is 31.3 Å². The van der Waals surface area contributed by atoms with E-state index in [9.17, 15) is 5.11 Å². The third-order valence-electron chi connectivity index (χ3n) is 1.97. The molecule has 0 aromatic carbocycles. The van der Waals surface area contributed by atoms with Crippen LogP contribution in [0.4, 0.5) is 0 Å². The molecule has 0 heterocycles. The molecule has 2 N–H and O–H groups in total. The first-order valence-corrected chi connectivity index (χ1v) is 3.96. The standard InChI is InChI=1S/C9H14O2/c1-7(10)6-8-4-2-3-5-9(8)11/h6,9-11H,1-5H2/b8-6+. The van der Waals surface area contributed by atoms with Crippen molar-refractivity contribution in [3.63, 3.8) is 0 Å². The van der Waals surface area contributed by atoms with E-state index in [1.54, 1.807) is 6.08 Å². The summed E-state index contributed by atoms with van der Waals surface area (Å²) in [6, 6.07) is 0. The van der Waals surface area contributed by atoms with Crippen LogP contribution in [-0.2, 0) is 0 Å². The van der Waals surface area contributed by atoms with Crippen molar-refractivity contribution in [1.82, 2.24) is 0 Å². The summed E-state index contributed by atoms with van der Waals surface area (Å²) in [5.74, 6) is 0.0425. The van der Waals surface area contributed by atoms with Crippen molar-refractivity contribution in [2.45, 2.75) is 31.8 Å². The van der Waals surface area contributed by atoms with Crippen LogP contribution in [0.3, 0.4) is 0 Å². The molecule has 1 saturated carbocycles. The first-order chi connectivity index (χ1) is 5.20. The van der Waals surface area contributed by atoms with Gasteiger partial charge in [-0.2, -0.15) is 0 Å². The van der Waals surface area contributed by atoms with Gasteiger partial charge in [0.15, 0.2) is 0 Å². The van der Waals surface area contributed by atoms with Gasteiger partial charge in [0.1, 0.15) is 5.76 Å². The fraction of sp³-hybridized carbons (Fsp3) is 0.556. The Kier molecular flexibility index (Phi) is 2.71. The summed E-state index contributed by atoms with van der Waals surface area (Å²) in [5.41, 5.74) is 0.920. The predicted octanol–water partition coefficient (Wildman–Crippen LogP) is 1.92. The van der Waals surface area contributed by atoms with Crippen molar-refractivity contribution >= 4 is 0 Å². The second kappa shape index (κ2) is 3.58. The van der Waals surface area contributed by atoms with E-state index >= 15 is 0 Å². The molecular weight excluding hydrogens is 140 g/mol. The molecule has 1 rings (SSSR count). The lowest BCUT2D eigenvalue weighted by Gasteiger charge is -2.20. The van der Waals surface area contributed by atoms with Gasteiger partial charge < -0.3 is 10.2 Å². The van der Waals surface area contributed by atoms with Crippen molar-refractivity contribution in [3.05, 3.63) is 24.0 Å². The summed E-state index contributed by atoms with van der Waals surface area (Å²) >= 11 is 0. The predicted molar refractivity (Wildman–Crippen MR) is 44.3 cm³/mol. The molecule has 1 aliphatic rings. The highest BCUT2D eigenvalue weighted by Crippen LogP contribution is 2.23. The van der Waals surface area contributed by atoms with Crippen molar-refractivity contribution in [2.75, 3.05) is 0 Å². The fourth-order valence-corrected chi connectivity index (χ4v) is 1.40. The Morgan fingerprint density at radius 1 is 1.55 bits per heavy atom. The minimum absolute atomic E-state index is 0.0425. The van der Waals surface area contributed by atoms with Gasteiger partial charge in [-0.25, -0.2) is 0 Å². The lowest BCUT2D eigenvalue weighted by Crippen LogP contribution is -2.14. The first-order valence-electron chi connectivity index (χ1n) is 3.96. The van der Waals surface area contributed by atoms with Gasteiger partial charge in [-0.3, -0.25) is 0 Å². The van der Waals surface area contributed by atoms with Crippen molar-refractivity contribution in [3.8, 4) is 0 Å². The van der Waals surface area contributed by atoms with Crippen LogP contribution < -0.4 is 0 Å². The highest BCUT2D eigenvalue weighted by molar-refractivity contribution is 5.19. The van der Waals surface area contributed by atoms with Crippen molar-refractivity contribution < 1.29 is 10.2 Å². The number of rotatable bonds is 1. The number of hydrogen-bond acceptors (Lipinski definition) is 2. The quantitative estimate of drug-likeness (QED) is 0.566. The Balaban J connectivity index is 2.60. The number of aliphatic hydroxyl groups is 2. The molecule has 1 aliphatic carbocycles. The number of aliphatic hydroxyl groups excluding tert-OH is 2. The smallest absolute Gasteiger partial charge is 0.108 e. The van der Waals surface area contributed by atoms with Crippen LogP contribution in [0.15, 0.2) is 24.0 Å². The molecule has 0 aliphatic heterocycles.